The molecule has 1 heterocycles. The van der Waals surface area contributed by atoms with Crippen LogP contribution >= 0.6 is 0 Å². The molecule has 1 aromatic rings. The van der Waals surface area contributed by atoms with Gasteiger partial charge >= 0.3 is 0 Å². The van der Waals surface area contributed by atoms with Gasteiger partial charge in [0.1, 0.15) is 0 Å². The van der Waals surface area contributed by atoms with Gasteiger partial charge < -0.3 is 10.6 Å². The predicted octanol–water partition coefficient (Wildman–Crippen LogP) is 2.94. The zero-order valence-electron chi connectivity index (χ0n) is 10.5. The molecule has 2 nitrogen and oxygen atoms in total. The van der Waals surface area contributed by atoms with Crippen molar-refractivity contribution < 1.29 is 0 Å². The van der Waals surface area contributed by atoms with E-state index in [-0.39, 0.29) is 6.04 Å². The van der Waals surface area contributed by atoms with Gasteiger partial charge in [0, 0.05) is 24.8 Å². The summed E-state index contributed by atoms with van der Waals surface area (Å²) in [5, 5.41) is 0. The minimum atomic E-state index is 0.129. The molecule has 16 heavy (non-hydrogen) atoms. The van der Waals surface area contributed by atoms with Crippen molar-refractivity contribution in [3.8, 4) is 0 Å². The zero-order valence-corrected chi connectivity index (χ0v) is 10.5. The lowest BCUT2D eigenvalue weighted by Crippen LogP contribution is -2.22. The number of benzene rings is 1. The molecule has 2 rings (SSSR count). The molecule has 2 N–H and O–H groups in total. The van der Waals surface area contributed by atoms with Crippen molar-refractivity contribution in [2.75, 3.05) is 18.0 Å². The molecule has 0 saturated carbocycles. The van der Waals surface area contributed by atoms with Crippen LogP contribution < -0.4 is 10.6 Å². The molecule has 2 heteroatoms. The summed E-state index contributed by atoms with van der Waals surface area (Å²) in [5.41, 5.74) is 8.84. The van der Waals surface area contributed by atoms with E-state index in [9.17, 15) is 0 Å². The first-order chi connectivity index (χ1) is 7.48. The Hall–Kier alpha value is -1.02. The highest BCUT2D eigenvalue weighted by atomic mass is 15.2. The first-order valence-corrected chi connectivity index (χ1v) is 6.08. The summed E-state index contributed by atoms with van der Waals surface area (Å²) in [6.45, 7) is 9.02. The van der Waals surface area contributed by atoms with E-state index in [2.05, 4.69) is 43.0 Å². The van der Waals surface area contributed by atoms with Gasteiger partial charge in [-0.2, -0.15) is 0 Å². The van der Waals surface area contributed by atoms with Gasteiger partial charge in [0.15, 0.2) is 0 Å². The van der Waals surface area contributed by atoms with Crippen LogP contribution in [0.4, 0.5) is 5.69 Å². The number of rotatable bonds is 2. The summed E-state index contributed by atoms with van der Waals surface area (Å²) < 4.78 is 0. The van der Waals surface area contributed by atoms with Crippen LogP contribution in [0, 0.1) is 5.41 Å². The van der Waals surface area contributed by atoms with Crippen LogP contribution in [0.2, 0.25) is 0 Å². The van der Waals surface area contributed by atoms with Gasteiger partial charge in [0.05, 0.1) is 0 Å². The topological polar surface area (TPSA) is 29.3 Å². The van der Waals surface area contributed by atoms with Crippen molar-refractivity contribution in [1.82, 2.24) is 0 Å². The Bertz CT molecular complexity index is 352. The van der Waals surface area contributed by atoms with Gasteiger partial charge in [0.25, 0.3) is 0 Å². The third kappa shape index (κ3) is 2.38. The van der Waals surface area contributed by atoms with E-state index in [4.69, 9.17) is 5.73 Å². The van der Waals surface area contributed by atoms with E-state index < -0.39 is 0 Å². The maximum absolute atomic E-state index is 5.85. The first-order valence-electron chi connectivity index (χ1n) is 6.08. The Morgan fingerprint density at radius 1 is 1.25 bits per heavy atom. The average molecular weight is 218 g/mol. The molecule has 1 fully saturated rings. The molecule has 0 amide bonds. The van der Waals surface area contributed by atoms with E-state index in [0.717, 1.165) is 6.54 Å². The maximum atomic E-state index is 5.85. The second-order valence-electron chi connectivity index (χ2n) is 5.72. The largest absolute Gasteiger partial charge is 0.371 e. The molecule has 1 aromatic carbocycles. The van der Waals surface area contributed by atoms with E-state index >= 15 is 0 Å². The molecule has 0 radical (unpaired) electrons. The van der Waals surface area contributed by atoms with Crippen LogP contribution in [0.25, 0.3) is 0 Å². The van der Waals surface area contributed by atoms with Crippen molar-refractivity contribution in [3.05, 3.63) is 29.8 Å². The predicted molar refractivity (Wildman–Crippen MR) is 69.7 cm³/mol. The molecule has 1 aliphatic heterocycles. The summed E-state index contributed by atoms with van der Waals surface area (Å²) in [7, 11) is 0. The summed E-state index contributed by atoms with van der Waals surface area (Å²) in [4.78, 5) is 2.46. The molecule has 0 aromatic heterocycles. The monoisotopic (exact) mass is 218 g/mol. The van der Waals surface area contributed by atoms with Crippen molar-refractivity contribution in [3.63, 3.8) is 0 Å². The van der Waals surface area contributed by atoms with E-state index in [1.165, 1.54) is 24.2 Å². The number of hydrogen-bond donors (Lipinski definition) is 1. The van der Waals surface area contributed by atoms with Crippen molar-refractivity contribution in [2.45, 2.75) is 33.2 Å². The smallest absolute Gasteiger partial charge is 0.0366 e. The molecular weight excluding hydrogens is 196 g/mol. The number of nitrogens with two attached hydrogens (primary N) is 1. The molecule has 0 bridgehead atoms. The Kier molecular flexibility index (Phi) is 2.94. The second-order valence-corrected chi connectivity index (χ2v) is 5.72. The van der Waals surface area contributed by atoms with Crippen molar-refractivity contribution in [1.29, 1.82) is 0 Å². The molecule has 1 saturated heterocycles. The average Bonchev–Trinajstić information content (AvgIpc) is 2.59. The van der Waals surface area contributed by atoms with Crippen LogP contribution in [-0.2, 0) is 0 Å². The Morgan fingerprint density at radius 2 is 1.88 bits per heavy atom. The number of hydrogen-bond acceptors (Lipinski definition) is 2. The van der Waals surface area contributed by atoms with Gasteiger partial charge in [-0.15, -0.1) is 0 Å². The highest BCUT2D eigenvalue weighted by Crippen LogP contribution is 2.32. The fourth-order valence-corrected chi connectivity index (χ4v) is 2.32. The Morgan fingerprint density at radius 3 is 2.31 bits per heavy atom. The molecule has 1 aliphatic rings. The zero-order chi connectivity index (χ0) is 11.8. The van der Waals surface area contributed by atoms with Gasteiger partial charge in [0.2, 0.25) is 0 Å². The van der Waals surface area contributed by atoms with E-state index in [0.29, 0.717) is 5.41 Å². The van der Waals surface area contributed by atoms with Crippen LogP contribution in [-0.4, -0.2) is 13.1 Å². The molecule has 0 aliphatic carbocycles. The fraction of sp³-hybridized carbons (Fsp3) is 0.571. The second kappa shape index (κ2) is 4.10. The van der Waals surface area contributed by atoms with Gasteiger partial charge in [-0.3, -0.25) is 0 Å². The van der Waals surface area contributed by atoms with E-state index in [1.54, 1.807) is 0 Å². The Balaban J connectivity index is 2.11. The highest BCUT2D eigenvalue weighted by Gasteiger charge is 2.29. The lowest BCUT2D eigenvalue weighted by atomic mass is 9.93. The maximum Gasteiger partial charge on any atom is 0.0366 e. The quantitative estimate of drug-likeness (QED) is 0.827. The summed E-state index contributed by atoms with van der Waals surface area (Å²) in [6.07, 6.45) is 1.28. The van der Waals surface area contributed by atoms with Gasteiger partial charge in [-0.25, -0.2) is 0 Å². The van der Waals surface area contributed by atoms with Crippen LogP contribution in [0.1, 0.15) is 38.8 Å². The van der Waals surface area contributed by atoms with E-state index in [1.807, 2.05) is 6.92 Å². The minimum Gasteiger partial charge on any atom is -0.371 e. The van der Waals surface area contributed by atoms with Crippen LogP contribution in [0.15, 0.2) is 24.3 Å². The van der Waals surface area contributed by atoms with Crippen LogP contribution in [0.3, 0.4) is 0 Å². The standard InChI is InChI=1S/C14H22N2/c1-11(15)12-4-6-13(7-5-12)16-9-8-14(2,3)10-16/h4-7,11H,8-10,15H2,1-3H3/t11-/m1/s1. The summed E-state index contributed by atoms with van der Waals surface area (Å²) in [5.74, 6) is 0. The molecular formula is C14H22N2. The van der Waals surface area contributed by atoms with Crippen molar-refractivity contribution >= 4 is 5.69 Å². The summed E-state index contributed by atoms with van der Waals surface area (Å²) in [6, 6.07) is 8.81. The normalized spacial score (nSPS) is 21.1. The SMILES string of the molecule is C[C@@H](N)c1ccc(N2CCC(C)(C)C2)cc1. The molecule has 1 atom stereocenters. The van der Waals surface area contributed by atoms with Crippen LogP contribution in [0.5, 0.6) is 0 Å². The highest BCUT2D eigenvalue weighted by molar-refractivity contribution is 5.49. The third-order valence-electron chi connectivity index (χ3n) is 3.46. The van der Waals surface area contributed by atoms with Gasteiger partial charge in [-0.05, 0) is 36.5 Å². The lowest BCUT2D eigenvalue weighted by Gasteiger charge is -2.22. The molecule has 0 spiro atoms. The number of nitrogens with zero attached hydrogens (tertiary/aromatic N) is 1. The fourth-order valence-electron chi connectivity index (χ4n) is 2.32. The first kappa shape index (κ1) is 11.5. The number of anilines is 1. The molecule has 0 unspecified atom stereocenters. The summed E-state index contributed by atoms with van der Waals surface area (Å²) >= 11 is 0. The molecule has 88 valence electrons. The Labute approximate surface area is 98.4 Å². The third-order valence-corrected chi connectivity index (χ3v) is 3.46. The van der Waals surface area contributed by atoms with Crippen molar-refractivity contribution in [2.24, 2.45) is 11.1 Å². The minimum absolute atomic E-state index is 0.129. The lowest BCUT2D eigenvalue weighted by molar-refractivity contribution is 0.418. The van der Waals surface area contributed by atoms with Gasteiger partial charge in [-0.1, -0.05) is 26.0 Å².